The lowest BCUT2D eigenvalue weighted by Crippen LogP contribution is -1.91. The van der Waals surface area contributed by atoms with E-state index < -0.39 is 4.92 Å². The lowest BCUT2D eigenvalue weighted by molar-refractivity contribution is -0.384. The summed E-state index contributed by atoms with van der Waals surface area (Å²) < 4.78 is 0. The van der Waals surface area contributed by atoms with Gasteiger partial charge in [0.1, 0.15) is 5.02 Å². The molecule has 0 saturated carbocycles. The minimum Gasteiger partial charge on any atom is -0.258 e. The lowest BCUT2D eigenvalue weighted by Gasteiger charge is -2.06. The Balaban J connectivity index is 2.64. The van der Waals surface area contributed by atoms with E-state index in [9.17, 15) is 10.1 Å². The van der Waals surface area contributed by atoms with Crippen LogP contribution >= 0.6 is 34.8 Å². The zero-order chi connectivity index (χ0) is 13.3. The Kier molecular flexibility index (Phi) is 3.76. The van der Waals surface area contributed by atoms with Gasteiger partial charge in [0.05, 0.1) is 4.92 Å². The molecule has 0 aromatic heterocycles. The molecule has 0 amide bonds. The molecular weight excluding hydrogens is 296 g/mol. The van der Waals surface area contributed by atoms with Gasteiger partial charge in [-0.2, -0.15) is 0 Å². The van der Waals surface area contributed by atoms with Gasteiger partial charge in [0.2, 0.25) is 0 Å². The van der Waals surface area contributed by atoms with Gasteiger partial charge in [-0.1, -0.05) is 46.9 Å². The molecule has 0 atom stereocenters. The van der Waals surface area contributed by atoms with Crippen LogP contribution in [0.4, 0.5) is 5.69 Å². The number of hydrogen-bond acceptors (Lipinski definition) is 2. The first-order valence-electron chi connectivity index (χ1n) is 4.88. The fraction of sp³-hybridized carbons (Fsp3) is 0. The second kappa shape index (κ2) is 5.14. The summed E-state index contributed by atoms with van der Waals surface area (Å²) in [4.78, 5) is 10.3. The summed E-state index contributed by atoms with van der Waals surface area (Å²) in [7, 11) is 0. The average molecular weight is 303 g/mol. The van der Waals surface area contributed by atoms with Gasteiger partial charge in [-0.05, 0) is 23.8 Å². The number of benzene rings is 2. The molecule has 2 aromatic carbocycles. The van der Waals surface area contributed by atoms with E-state index in [-0.39, 0.29) is 15.7 Å². The first kappa shape index (κ1) is 13.1. The van der Waals surface area contributed by atoms with Crippen molar-refractivity contribution in [2.45, 2.75) is 0 Å². The number of nitro benzene ring substituents is 1. The molecule has 3 nitrogen and oxygen atoms in total. The Morgan fingerprint density at radius 2 is 1.56 bits per heavy atom. The number of nitrogens with zero attached hydrogens (tertiary/aromatic N) is 1. The Morgan fingerprint density at radius 1 is 0.944 bits per heavy atom. The zero-order valence-electron chi connectivity index (χ0n) is 8.86. The standard InChI is InChI=1S/C12H6Cl3NO2/c13-8-3-1-7(2-4-8)10-5-9(14)6-11(12(10)15)16(17)18/h1-6H. The molecule has 0 saturated heterocycles. The van der Waals surface area contributed by atoms with Crippen molar-refractivity contribution >= 4 is 40.5 Å². The minimum atomic E-state index is -0.562. The van der Waals surface area contributed by atoms with Crippen LogP contribution in [-0.4, -0.2) is 4.92 Å². The number of hydrogen-bond donors (Lipinski definition) is 0. The Hall–Kier alpha value is -1.29. The molecule has 92 valence electrons. The van der Waals surface area contributed by atoms with Crippen molar-refractivity contribution in [2.24, 2.45) is 0 Å². The maximum absolute atomic E-state index is 10.9. The Labute approximate surface area is 118 Å². The number of halogens is 3. The van der Waals surface area contributed by atoms with Crippen molar-refractivity contribution < 1.29 is 4.92 Å². The normalized spacial score (nSPS) is 10.4. The zero-order valence-corrected chi connectivity index (χ0v) is 11.1. The van der Waals surface area contributed by atoms with E-state index in [2.05, 4.69) is 0 Å². The summed E-state index contributed by atoms with van der Waals surface area (Å²) in [5.74, 6) is 0. The van der Waals surface area contributed by atoms with Crippen LogP contribution in [0.5, 0.6) is 0 Å². The van der Waals surface area contributed by atoms with Crippen LogP contribution in [-0.2, 0) is 0 Å². The number of rotatable bonds is 2. The van der Waals surface area contributed by atoms with Crippen molar-refractivity contribution in [3.8, 4) is 11.1 Å². The van der Waals surface area contributed by atoms with Gasteiger partial charge in [0, 0.05) is 21.7 Å². The number of nitro groups is 1. The molecule has 0 radical (unpaired) electrons. The summed E-state index contributed by atoms with van der Waals surface area (Å²) >= 11 is 17.7. The van der Waals surface area contributed by atoms with Crippen LogP contribution < -0.4 is 0 Å². The second-order valence-corrected chi connectivity index (χ2v) is 4.80. The van der Waals surface area contributed by atoms with Crippen LogP contribution in [0.2, 0.25) is 15.1 Å². The molecule has 0 aliphatic heterocycles. The van der Waals surface area contributed by atoms with Gasteiger partial charge in [-0.3, -0.25) is 10.1 Å². The molecule has 0 unspecified atom stereocenters. The highest BCUT2D eigenvalue weighted by Gasteiger charge is 2.18. The van der Waals surface area contributed by atoms with Crippen LogP contribution in [0.25, 0.3) is 11.1 Å². The maximum atomic E-state index is 10.9. The van der Waals surface area contributed by atoms with Crippen molar-refractivity contribution in [1.82, 2.24) is 0 Å². The van der Waals surface area contributed by atoms with Gasteiger partial charge < -0.3 is 0 Å². The summed E-state index contributed by atoms with van der Waals surface area (Å²) in [6, 6.07) is 9.62. The molecular formula is C12H6Cl3NO2. The molecule has 0 N–H and O–H groups in total. The third-order valence-electron chi connectivity index (χ3n) is 2.37. The van der Waals surface area contributed by atoms with E-state index in [0.29, 0.717) is 10.6 Å². The van der Waals surface area contributed by atoms with Crippen LogP contribution in [0.15, 0.2) is 36.4 Å². The monoisotopic (exact) mass is 301 g/mol. The molecule has 2 rings (SSSR count). The van der Waals surface area contributed by atoms with E-state index in [1.54, 1.807) is 30.3 Å². The third kappa shape index (κ3) is 2.58. The summed E-state index contributed by atoms with van der Waals surface area (Å²) in [6.07, 6.45) is 0. The van der Waals surface area contributed by atoms with Crippen molar-refractivity contribution in [1.29, 1.82) is 0 Å². The van der Waals surface area contributed by atoms with Crippen LogP contribution in [0.3, 0.4) is 0 Å². The molecule has 0 spiro atoms. The third-order valence-corrected chi connectivity index (χ3v) is 3.24. The van der Waals surface area contributed by atoms with Gasteiger partial charge in [-0.15, -0.1) is 0 Å². The van der Waals surface area contributed by atoms with Gasteiger partial charge >= 0.3 is 0 Å². The van der Waals surface area contributed by atoms with Crippen molar-refractivity contribution in [3.05, 3.63) is 61.6 Å². The molecule has 0 aliphatic carbocycles. The Bertz CT molecular complexity index is 611. The average Bonchev–Trinajstić information content (AvgIpc) is 2.32. The fourth-order valence-corrected chi connectivity index (χ4v) is 2.17. The lowest BCUT2D eigenvalue weighted by atomic mass is 10.1. The SMILES string of the molecule is O=[N+]([O-])c1cc(Cl)cc(-c2ccc(Cl)cc2)c1Cl. The molecule has 18 heavy (non-hydrogen) atoms. The molecule has 0 bridgehead atoms. The van der Waals surface area contributed by atoms with Crippen LogP contribution in [0.1, 0.15) is 0 Å². The van der Waals surface area contributed by atoms with Crippen molar-refractivity contribution in [2.75, 3.05) is 0 Å². The summed E-state index contributed by atoms with van der Waals surface area (Å²) in [5.41, 5.74) is 1.01. The molecule has 6 heteroatoms. The van der Waals surface area contributed by atoms with E-state index in [1.165, 1.54) is 6.07 Å². The van der Waals surface area contributed by atoms with E-state index in [4.69, 9.17) is 34.8 Å². The minimum absolute atomic E-state index is 0.0618. The predicted octanol–water partition coefficient (Wildman–Crippen LogP) is 5.22. The fourth-order valence-electron chi connectivity index (χ4n) is 1.55. The molecule has 0 heterocycles. The molecule has 2 aromatic rings. The highest BCUT2D eigenvalue weighted by atomic mass is 35.5. The first-order chi connectivity index (χ1) is 8.49. The molecule has 0 fully saturated rings. The van der Waals surface area contributed by atoms with Gasteiger partial charge in [-0.25, -0.2) is 0 Å². The summed E-state index contributed by atoms with van der Waals surface area (Å²) in [6.45, 7) is 0. The van der Waals surface area contributed by atoms with E-state index >= 15 is 0 Å². The first-order valence-corrected chi connectivity index (χ1v) is 6.02. The summed E-state index contributed by atoms with van der Waals surface area (Å²) in [5, 5.41) is 11.8. The van der Waals surface area contributed by atoms with Gasteiger partial charge in [0.25, 0.3) is 5.69 Å². The Morgan fingerprint density at radius 3 is 2.11 bits per heavy atom. The second-order valence-electron chi connectivity index (χ2n) is 3.55. The maximum Gasteiger partial charge on any atom is 0.290 e. The highest BCUT2D eigenvalue weighted by molar-refractivity contribution is 6.37. The smallest absolute Gasteiger partial charge is 0.258 e. The largest absolute Gasteiger partial charge is 0.290 e. The highest BCUT2D eigenvalue weighted by Crippen LogP contribution is 2.38. The molecule has 0 aliphatic rings. The topological polar surface area (TPSA) is 43.1 Å². The predicted molar refractivity (Wildman–Crippen MR) is 73.6 cm³/mol. The quantitative estimate of drug-likeness (QED) is 0.563. The van der Waals surface area contributed by atoms with Crippen LogP contribution in [0, 0.1) is 10.1 Å². The van der Waals surface area contributed by atoms with E-state index in [0.717, 1.165) is 5.56 Å². The van der Waals surface area contributed by atoms with E-state index in [1.807, 2.05) is 0 Å². The van der Waals surface area contributed by atoms with Gasteiger partial charge in [0.15, 0.2) is 0 Å². The van der Waals surface area contributed by atoms with Crippen molar-refractivity contribution in [3.63, 3.8) is 0 Å².